The van der Waals surface area contributed by atoms with Crippen molar-refractivity contribution in [3.05, 3.63) is 35.4 Å². The van der Waals surface area contributed by atoms with E-state index in [2.05, 4.69) is 0 Å². The van der Waals surface area contributed by atoms with Crippen molar-refractivity contribution in [2.24, 2.45) is 0 Å². The van der Waals surface area contributed by atoms with Crippen LogP contribution in [0.2, 0.25) is 0 Å². The third kappa shape index (κ3) is 1.77. The predicted octanol–water partition coefficient (Wildman–Crippen LogP) is 2.54. The Hall–Kier alpha value is -0.890. The average molecular weight is 173 g/mol. The minimum atomic E-state index is -1.43. The lowest BCUT2D eigenvalue weighted by Crippen LogP contribution is -1.94. The molecule has 0 fully saturated rings. The van der Waals surface area contributed by atoms with Crippen molar-refractivity contribution in [3.8, 4) is 0 Å². The number of hydrogen-bond donors (Lipinski definition) is 0. The molecule has 3 heteroatoms. The molecule has 0 amide bonds. The number of carbonyl (C=O) groups excluding carboxylic acids is 1. The smallest absolute Gasteiger partial charge is 0.255 e. The van der Waals surface area contributed by atoms with Gasteiger partial charge in [-0.25, -0.2) is 0 Å². The van der Waals surface area contributed by atoms with Gasteiger partial charge >= 0.3 is 6.04 Å². The van der Waals surface area contributed by atoms with Crippen molar-refractivity contribution >= 4 is 17.6 Å². The van der Waals surface area contributed by atoms with Crippen molar-refractivity contribution in [2.75, 3.05) is 0 Å². The van der Waals surface area contributed by atoms with E-state index in [1.165, 1.54) is 6.07 Å². The first-order chi connectivity index (χ1) is 5.25. The Balaban J connectivity index is 3.12. The molecule has 0 unspecified atom stereocenters. The highest BCUT2D eigenvalue weighted by Crippen LogP contribution is 2.12. The van der Waals surface area contributed by atoms with Crippen LogP contribution in [0.4, 0.5) is 4.39 Å². The summed E-state index contributed by atoms with van der Waals surface area (Å²) in [6.45, 7) is 0. The van der Waals surface area contributed by atoms with E-state index in [0.717, 1.165) is 0 Å². The molecule has 0 heterocycles. The van der Waals surface area contributed by atoms with Gasteiger partial charge in [-0.3, -0.25) is 4.79 Å². The molecule has 0 aromatic heterocycles. The van der Waals surface area contributed by atoms with E-state index in [1.807, 2.05) is 0 Å². The molecule has 1 aromatic rings. The van der Waals surface area contributed by atoms with Crippen LogP contribution >= 0.6 is 11.6 Å². The van der Waals surface area contributed by atoms with E-state index in [9.17, 15) is 9.18 Å². The van der Waals surface area contributed by atoms with E-state index in [1.54, 1.807) is 18.2 Å². The van der Waals surface area contributed by atoms with Gasteiger partial charge in [-0.2, -0.15) is 4.39 Å². The molecule has 58 valence electrons. The first-order valence-electron chi connectivity index (χ1n) is 3.09. The monoisotopic (exact) mass is 172 g/mol. The molecule has 0 N–H and O–H groups in total. The third-order valence-corrected chi connectivity index (χ3v) is 1.66. The van der Waals surface area contributed by atoms with Crippen LogP contribution in [0.5, 0.6) is 0 Å². The molecule has 0 saturated carbocycles. The highest BCUT2D eigenvalue weighted by atomic mass is 35.5. The standard InChI is InChI=1S/C8H6ClFO/c9-5-6-3-1-2-4-7(6)8(10)11/h1-4H,5H2. The summed E-state index contributed by atoms with van der Waals surface area (Å²) in [6, 6.07) is 4.92. The maximum Gasteiger partial charge on any atom is 0.332 e. The molecule has 0 spiro atoms. The Morgan fingerprint density at radius 1 is 1.45 bits per heavy atom. The van der Waals surface area contributed by atoms with Gasteiger partial charge in [0.05, 0.1) is 5.56 Å². The largest absolute Gasteiger partial charge is 0.332 e. The van der Waals surface area contributed by atoms with Crippen LogP contribution in [0, 0.1) is 0 Å². The number of halogens is 2. The van der Waals surface area contributed by atoms with Gasteiger partial charge in [-0.05, 0) is 11.6 Å². The number of alkyl halides is 1. The number of hydrogen-bond acceptors (Lipinski definition) is 1. The topological polar surface area (TPSA) is 17.1 Å². The summed E-state index contributed by atoms with van der Waals surface area (Å²) in [5.74, 6) is 0.159. The number of rotatable bonds is 2. The van der Waals surface area contributed by atoms with Gasteiger partial charge in [0.1, 0.15) is 0 Å². The molecule has 0 radical (unpaired) electrons. The maximum absolute atomic E-state index is 12.2. The van der Waals surface area contributed by atoms with Crippen LogP contribution < -0.4 is 0 Å². The van der Waals surface area contributed by atoms with Gasteiger partial charge in [0.25, 0.3) is 0 Å². The van der Waals surface area contributed by atoms with Gasteiger partial charge in [-0.1, -0.05) is 18.2 Å². The van der Waals surface area contributed by atoms with Crippen LogP contribution in [-0.4, -0.2) is 6.04 Å². The van der Waals surface area contributed by atoms with Crippen molar-refractivity contribution in [1.29, 1.82) is 0 Å². The Morgan fingerprint density at radius 3 is 2.55 bits per heavy atom. The lowest BCUT2D eigenvalue weighted by atomic mass is 10.1. The molecular weight excluding hydrogens is 167 g/mol. The van der Waals surface area contributed by atoms with Crippen LogP contribution in [-0.2, 0) is 5.88 Å². The molecule has 0 aliphatic rings. The average Bonchev–Trinajstić information content (AvgIpc) is 2.04. The Morgan fingerprint density at radius 2 is 2.09 bits per heavy atom. The molecule has 0 bridgehead atoms. The molecule has 0 aliphatic carbocycles. The normalized spacial score (nSPS) is 9.64. The van der Waals surface area contributed by atoms with Gasteiger partial charge in [0.2, 0.25) is 0 Å². The van der Waals surface area contributed by atoms with Crippen molar-refractivity contribution in [1.82, 2.24) is 0 Å². The lowest BCUT2D eigenvalue weighted by molar-refractivity contribution is 0.0835. The fraction of sp³-hybridized carbons (Fsp3) is 0.125. The Labute approximate surface area is 68.8 Å². The summed E-state index contributed by atoms with van der Waals surface area (Å²) in [7, 11) is 0. The molecular formula is C8H6ClFO. The lowest BCUT2D eigenvalue weighted by Gasteiger charge is -1.98. The molecule has 1 nitrogen and oxygen atoms in total. The van der Waals surface area contributed by atoms with Crippen LogP contribution in [0.3, 0.4) is 0 Å². The number of benzene rings is 1. The van der Waals surface area contributed by atoms with Gasteiger partial charge in [-0.15, -0.1) is 11.6 Å². The van der Waals surface area contributed by atoms with E-state index < -0.39 is 6.04 Å². The summed E-state index contributed by atoms with van der Waals surface area (Å²) in [5.41, 5.74) is 0.587. The van der Waals surface area contributed by atoms with Gasteiger partial charge < -0.3 is 0 Å². The second-order valence-electron chi connectivity index (χ2n) is 2.06. The fourth-order valence-electron chi connectivity index (χ4n) is 0.829. The molecule has 0 aliphatic heterocycles. The molecule has 0 saturated heterocycles. The van der Waals surface area contributed by atoms with Gasteiger partial charge in [0, 0.05) is 5.88 Å². The maximum atomic E-state index is 12.2. The van der Waals surface area contributed by atoms with E-state index >= 15 is 0 Å². The van der Waals surface area contributed by atoms with Crippen molar-refractivity contribution < 1.29 is 9.18 Å². The Bertz CT molecular complexity index is 273. The molecule has 11 heavy (non-hydrogen) atoms. The van der Waals surface area contributed by atoms with E-state index in [-0.39, 0.29) is 11.4 Å². The SMILES string of the molecule is O=C(F)c1ccccc1CCl. The van der Waals surface area contributed by atoms with Gasteiger partial charge in [0.15, 0.2) is 0 Å². The second-order valence-corrected chi connectivity index (χ2v) is 2.33. The van der Waals surface area contributed by atoms with Crippen LogP contribution in [0.1, 0.15) is 15.9 Å². The molecule has 0 atom stereocenters. The fourth-order valence-corrected chi connectivity index (χ4v) is 1.06. The summed E-state index contributed by atoms with van der Waals surface area (Å²) in [5, 5.41) is 0. The number of carbonyl (C=O) groups is 1. The highest BCUT2D eigenvalue weighted by Gasteiger charge is 2.07. The predicted molar refractivity (Wildman–Crippen MR) is 41.4 cm³/mol. The summed E-state index contributed by atoms with van der Waals surface area (Å²) < 4.78 is 12.2. The van der Waals surface area contributed by atoms with Crippen LogP contribution in [0.15, 0.2) is 24.3 Å². The molecule has 1 rings (SSSR count). The second kappa shape index (κ2) is 3.49. The zero-order valence-corrected chi connectivity index (χ0v) is 6.44. The summed E-state index contributed by atoms with van der Waals surface area (Å²) in [4.78, 5) is 10.3. The highest BCUT2D eigenvalue weighted by molar-refractivity contribution is 6.17. The van der Waals surface area contributed by atoms with E-state index in [0.29, 0.717) is 5.56 Å². The van der Waals surface area contributed by atoms with Crippen molar-refractivity contribution in [3.63, 3.8) is 0 Å². The van der Waals surface area contributed by atoms with E-state index in [4.69, 9.17) is 11.6 Å². The quantitative estimate of drug-likeness (QED) is 0.495. The first-order valence-corrected chi connectivity index (χ1v) is 3.63. The zero-order valence-electron chi connectivity index (χ0n) is 5.68. The minimum Gasteiger partial charge on any atom is -0.255 e. The van der Waals surface area contributed by atoms with Crippen molar-refractivity contribution in [2.45, 2.75) is 5.88 Å². The summed E-state index contributed by atoms with van der Waals surface area (Å²) in [6.07, 6.45) is 0. The molecule has 1 aromatic carbocycles. The Kier molecular flexibility index (Phi) is 2.60. The summed E-state index contributed by atoms with van der Waals surface area (Å²) >= 11 is 5.46. The third-order valence-electron chi connectivity index (χ3n) is 1.37. The zero-order chi connectivity index (χ0) is 8.27. The first kappa shape index (κ1) is 8.21. The van der Waals surface area contributed by atoms with Crippen LogP contribution in [0.25, 0.3) is 0 Å². The minimum absolute atomic E-state index is 0.0579.